The predicted molar refractivity (Wildman–Crippen MR) is 118 cm³/mol. The Kier molecular flexibility index (Phi) is 6.57. The smallest absolute Gasteiger partial charge is 0.235 e. The van der Waals surface area contributed by atoms with Crippen LogP contribution in [0.5, 0.6) is 0 Å². The Morgan fingerprint density at radius 1 is 1.17 bits per heavy atom. The number of thioether (sulfide) groups is 1. The van der Waals surface area contributed by atoms with Crippen molar-refractivity contribution >= 4 is 17.7 Å². The van der Waals surface area contributed by atoms with E-state index in [9.17, 15) is 4.79 Å². The second-order valence-electron chi connectivity index (χ2n) is 7.86. The van der Waals surface area contributed by atoms with Gasteiger partial charge in [-0.2, -0.15) is 0 Å². The number of rotatable bonds is 7. The van der Waals surface area contributed by atoms with Gasteiger partial charge in [0, 0.05) is 13.1 Å². The summed E-state index contributed by atoms with van der Waals surface area (Å²) in [6.07, 6.45) is 7.54. The number of aromatic nitrogens is 3. The van der Waals surface area contributed by atoms with Crippen LogP contribution < -0.4 is 0 Å². The van der Waals surface area contributed by atoms with E-state index in [1.54, 1.807) is 6.26 Å². The quantitative estimate of drug-likeness (QED) is 0.507. The van der Waals surface area contributed by atoms with E-state index in [4.69, 9.17) is 4.42 Å². The van der Waals surface area contributed by atoms with Gasteiger partial charge < -0.3 is 9.32 Å². The van der Waals surface area contributed by atoms with Crippen molar-refractivity contribution in [3.63, 3.8) is 0 Å². The number of benzene rings is 1. The zero-order chi connectivity index (χ0) is 20.9. The van der Waals surface area contributed by atoms with E-state index in [0.29, 0.717) is 24.2 Å². The average molecular weight is 425 g/mol. The van der Waals surface area contributed by atoms with E-state index in [1.807, 2.05) is 53.8 Å². The number of nitrogens with zero attached hydrogens (tertiary/aromatic N) is 4. The Morgan fingerprint density at radius 3 is 2.63 bits per heavy atom. The summed E-state index contributed by atoms with van der Waals surface area (Å²) in [5, 5.41) is 9.27. The van der Waals surface area contributed by atoms with Crippen LogP contribution in [-0.2, 0) is 11.3 Å². The van der Waals surface area contributed by atoms with Gasteiger partial charge in [-0.05, 0) is 37.5 Å². The molecule has 1 aliphatic rings. The fourth-order valence-corrected chi connectivity index (χ4v) is 4.97. The molecule has 1 aromatic carbocycles. The van der Waals surface area contributed by atoms with Gasteiger partial charge in [0.1, 0.15) is 0 Å². The van der Waals surface area contributed by atoms with Crippen molar-refractivity contribution in [3.8, 4) is 11.6 Å². The van der Waals surface area contributed by atoms with E-state index >= 15 is 0 Å². The Hall–Kier alpha value is -2.54. The van der Waals surface area contributed by atoms with Gasteiger partial charge in [-0.15, -0.1) is 10.2 Å². The first-order valence-electron chi connectivity index (χ1n) is 10.6. The molecule has 1 fully saturated rings. The van der Waals surface area contributed by atoms with Gasteiger partial charge >= 0.3 is 0 Å². The third kappa shape index (κ3) is 4.61. The minimum absolute atomic E-state index is 0.153. The maximum absolute atomic E-state index is 13.1. The maximum atomic E-state index is 13.1. The van der Waals surface area contributed by atoms with E-state index < -0.39 is 0 Å². The van der Waals surface area contributed by atoms with Gasteiger partial charge in [0.05, 0.1) is 18.1 Å². The molecule has 1 atom stereocenters. The van der Waals surface area contributed by atoms with Gasteiger partial charge in [0.15, 0.2) is 10.9 Å². The zero-order valence-corrected chi connectivity index (χ0v) is 18.3. The minimum Gasteiger partial charge on any atom is -0.461 e. The number of hydrogen-bond donors (Lipinski definition) is 0. The van der Waals surface area contributed by atoms with Gasteiger partial charge in [-0.25, -0.2) is 0 Å². The molecule has 0 spiro atoms. The Balaban J connectivity index is 1.55. The lowest BCUT2D eigenvalue weighted by molar-refractivity contribution is -0.131. The molecule has 0 aliphatic heterocycles. The van der Waals surface area contributed by atoms with Crippen LogP contribution in [0.3, 0.4) is 0 Å². The van der Waals surface area contributed by atoms with Crippen LogP contribution in [0.4, 0.5) is 0 Å². The topological polar surface area (TPSA) is 64.2 Å². The molecule has 6 nitrogen and oxygen atoms in total. The molecule has 4 rings (SSSR count). The highest BCUT2D eigenvalue weighted by Crippen LogP contribution is 2.30. The van der Waals surface area contributed by atoms with Crippen LogP contribution in [0, 0.1) is 0 Å². The highest BCUT2D eigenvalue weighted by molar-refractivity contribution is 8.00. The molecule has 1 aliphatic carbocycles. The third-order valence-electron chi connectivity index (χ3n) is 5.74. The highest BCUT2D eigenvalue weighted by atomic mass is 32.2. The second kappa shape index (κ2) is 9.51. The van der Waals surface area contributed by atoms with Crippen molar-refractivity contribution in [2.45, 2.75) is 62.0 Å². The van der Waals surface area contributed by atoms with Crippen LogP contribution >= 0.6 is 11.8 Å². The van der Waals surface area contributed by atoms with Crippen LogP contribution in [0.2, 0.25) is 0 Å². The second-order valence-corrected chi connectivity index (χ2v) is 9.16. The first-order valence-corrected chi connectivity index (χ1v) is 11.5. The van der Waals surface area contributed by atoms with Crippen molar-refractivity contribution < 1.29 is 9.21 Å². The zero-order valence-electron chi connectivity index (χ0n) is 17.5. The fourth-order valence-electron chi connectivity index (χ4n) is 4.02. The predicted octanol–water partition coefficient (Wildman–Crippen LogP) is 4.86. The number of amides is 1. The summed E-state index contributed by atoms with van der Waals surface area (Å²) >= 11 is 1.46. The minimum atomic E-state index is -0.236. The normalized spacial score (nSPS) is 15.8. The number of hydrogen-bond acceptors (Lipinski definition) is 5. The van der Waals surface area contributed by atoms with Crippen LogP contribution in [0.15, 0.2) is 58.3 Å². The Bertz CT molecular complexity index is 949. The molecule has 1 saturated carbocycles. The SMILES string of the molecule is CC(Sc1nnc(-c2ccco2)n1Cc1ccccc1)C(=O)N(C)C1CCCCC1. The summed E-state index contributed by atoms with van der Waals surface area (Å²) in [6, 6.07) is 14.3. The number of carbonyl (C=O) groups is 1. The third-order valence-corrected chi connectivity index (χ3v) is 6.81. The summed E-state index contributed by atoms with van der Waals surface area (Å²) in [5.74, 6) is 1.50. The molecular weight excluding hydrogens is 396 g/mol. The maximum Gasteiger partial charge on any atom is 0.235 e. The van der Waals surface area contributed by atoms with Gasteiger partial charge in [-0.3, -0.25) is 9.36 Å². The van der Waals surface area contributed by atoms with Gasteiger partial charge in [0.2, 0.25) is 11.7 Å². The first kappa shape index (κ1) is 20.7. The molecule has 2 aromatic heterocycles. The molecule has 7 heteroatoms. The van der Waals surface area contributed by atoms with Crippen LogP contribution in [0.1, 0.15) is 44.6 Å². The van der Waals surface area contributed by atoms with Crippen molar-refractivity contribution in [3.05, 3.63) is 54.3 Å². The summed E-state index contributed by atoms with van der Waals surface area (Å²) in [5.41, 5.74) is 1.14. The van der Waals surface area contributed by atoms with E-state index in [0.717, 1.165) is 23.6 Å². The standard InChI is InChI=1S/C23H28N4O2S/c1-17(22(28)26(2)19-12-7-4-8-13-19)30-23-25-24-21(20-14-9-15-29-20)27(23)16-18-10-5-3-6-11-18/h3,5-6,9-11,14-15,17,19H,4,7-8,12-13,16H2,1-2H3. The largest absolute Gasteiger partial charge is 0.461 e. The molecule has 0 saturated heterocycles. The molecule has 30 heavy (non-hydrogen) atoms. The molecule has 158 valence electrons. The Labute approximate surface area is 181 Å². The number of furan rings is 1. The molecule has 2 heterocycles. The van der Waals surface area contributed by atoms with Crippen LogP contribution in [-0.4, -0.2) is 43.9 Å². The van der Waals surface area contributed by atoms with Crippen molar-refractivity contribution in [2.75, 3.05) is 7.05 Å². The van der Waals surface area contributed by atoms with E-state index in [2.05, 4.69) is 22.3 Å². The van der Waals surface area contributed by atoms with Crippen molar-refractivity contribution in [1.82, 2.24) is 19.7 Å². The van der Waals surface area contributed by atoms with Gasteiger partial charge in [0.25, 0.3) is 0 Å². The van der Waals surface area contributed by atoms with Crippen molar-refractivity contribution in [1.29, 1.82) is 0 Å². The lowest BCUT2D eigenvalue weighted by atomic mass is 9.94. The molecular formula is C23H28N4O2S. The molecule has 0 radical (unpaired) electrons. The molecule has 0 bridgehead atoms. The molecule has 0 N–H and O–H groups in total. The summed E-state index contributed by atoms with van der Waals surface area (Å²) in [6.45, 7) is 2.58. The first-order chi connectivity index (χ1) is 14.6. The molecule has 3 aromatic rings. The molecule has 1 unspecified atom stereocenters. The summed E-state index contributed by atoms with van der Waals surface area (Å²) in [4.78, 5) is 15.0. The van der Waals surface area contributed by atoms with Crippen molar-refractivity contribution in [2.24, 2.45) is 0 Å². The molecule has 1 amide bonds. The lowest BCUT2D eigenvalue weighted by Gasteiger charge is -2.32. The average Bonchev–Trinajstić information content (AvgIpc) is 3.44. The lowest BCUT2D eigenvalue weighted by Crippen LogP contribution is -2.42. The summed E-state index contributed by atoms with van der Waals surface area (Å²) < 4.78 is 7.60. The number of carbonyl (C=O) groups excluding carboxylic acids is 1. The van der Waals surface area contributed by atoms with Gasteiger partial charge in [-0.1, -0.05) is 61.4 Å². The summed E-state index contributed by atoms with van der Waals surface area (Å²) in [7, 11) is 1.94. The Morgan fingerprint density at radius 2 is 1.93 bits per heavy atom. The monoisotopic (exact) mass is 424 g/mol. The highest BCUT2D eigenvalue weighted by Gasteiger charge is 2.28. The fraction of sp³-hybridized carbons (Fsp3) is 0.435. The van der Waals surface area contributed by atoms with Crippen LogP contribution in [0.25, 0.3) is 11.6 Å². The van der Waals surface area contributed by atoms with E-state index in [1.165, 1.54) is 31.0 Å². The van der Waals surface area contributed by atoms with E-state index in [-0.39, 0.29) is 11.2 Å².